The molecule has 262 valence electrons. The summed E-state index contributed by atoms with van der Waals surface area (Å²) in [6.45, 7) is 16.7. The summed E-state index contributed by atoms with van der Waals surface area (Å²) in [4.78, 5) is 52.8. The zero-order chi connectivity index (χ0) is 36.3. The van der Waals surface area contributed by atoms with E-state index < -0.39 is 46.5 Å². The van der Waals surface area contributed by atoms with Gasteiger partial charge in [0.25, 0.3) is 0 Å². The first-order valence-electron chi connectivity index (χ1n) is 15.1. The summed E-state index contributed by atoms with van der Waals surface area (Å²) in [5.74, 6) is -5.96. The van der Waals surface area contributed by atoms with Gasteiger partial charge in [-0.15, -0.1) is 0 Å². The first kappa shape index (κ1) is 38.9. The van der Waals surface area contributed by atoms with Gasteiger partial charge in [0.15, 0.2) is 11.5 Å². The van der Waals surface area contributed by atoms with E-state index in [1.54, 1.807) is 0 Å². The van der Waals surface area contributed by atoms with Gasteiger partial charge in [-0.3, -0.25) is 0 Å². The van der Waals surface area contributed by atoms with E-state index in [4.69, 9.17) is 88.6 Å². The molecule has 0 radical (unpaired) electrons. The molecule has 0 aliphatic heterocycles. The Labute approximate surface area is 309 Å². The molecule has 2 aromatic rings. The Balaban J connectivity index is 1.55. The van der Waals surface area contributed by atoms with Gasteiger partial charge in [0.1, 0.15) is 11.1 Å². The third kappa shape index (κ3) is 7.26. The molecule has 2 saturated carbocycles. The topological polar surface area (TPSA) is 105 Å². The van der Waals surface area contributed by atoms with Crippen molar-refractivity contribution >= 4 is 93.5 Å². The molecule has 0 bridgehead atoms. The lowest BCUT2D eigenvalue weighted by atomic mass is 9.48. The zero-order valence-electron chi connectivity index (χ0n) is 27.7. The highest BCUT2D eigenvalue weighted by Gasteiger charge is 2.54. The molecule has 2 aliphatic carbocycles. The van der Waals surface area contributed by atoms with E-state index in [9.17, 15) is 19.2 Å². The molecule has 0 spiro atoms. The van der Waals surface area contributed by atoms with Gasteiger partial charge in [0.2, 0.25) is 0 Å². The van der Waals surface area contributed by atoms with Gasteiger partial charge in [0, 0.05) is 10.8 Å². The van der Waals surface area contributed by atoms with Gasteiger partial charge in [-0.05, 0) is 47.6 Å². The normalized spacial score (nSPS) is 25.3. The summed E-state index contributed by atoms with van der Waals surface area (Å²) in [5, 5.41) is -1.52. The molecular formula is C34H36Cl6O8. The highest BCUT2D eigenvalue weighted by atomic mass is 35.5. The van der Waals surface area contributed by atoms with E-state index >= 15 is 0 Å². The lowest BCUT2D eigenvalue weighted by Crippen LogP contribution is -2.53. The van der Waals surface area contributed by atoms with Crippen molar-refractivity contribution in [3.8, 4) is 11.5 Å². The molecular weight excluding hydrogens is 749 g/mol. The van der Waals surface area contributed by atoms with Gasteiger partial charge < -0.3 is 18.9 Å². The summed E-state index contributed by atoms with van der Waals surface area (Å²) in [7, 11) is 0. The molecule has 0 amide bonds. The standard InChI is InChI=1S/C34H36Cl6O8/c1-15-31(3,4)11-33(15,7)13-45-27(41)21-23(39)17(35)9-19(37)25(21)47-29(43)30(44)48-26-20(38)10-18(36)24(40)22(26)28(42)46-14-34(8)12-32(5,6)16(34)2/h9-10,15-16H,11-14H2,1-8H3. The zero-order valence-corrected chi connectivity index (χ0v) is 32.2. The van der Waals surface area contributed by atoms with Gasteiger partial charge >= 0.3 is 23.9 Å². The Morgan fingerprint density at radius 1 is 0.604 bits per heavy atom. The number of halogens is 6. The maximum atomic E-state index is 13.3. The molecule has 0 saturated heterocycles. The van der Waals surface area contributed by atoms with Gasteiger partial charge in [-0.1, -0.05) is 125 Å². The second-order valence-electron chi connectivity index (χ2n) is 14.7. The summed E-state index contributed by atoms with van der Waals surface area (Å²) in [5.41, 5.74) is -1.42. The first-order chi connectivity index (χ1) is 22.0. The highest BCUT2D eigenvalue weighted by molar-refractivity contribution is 6.47. The van der Waals surface area contributed by atoms with E-state index in [0.717, 1.165) is 25.0 Å². The predicted molar refractivity (Wildman–Crippen MR) is 186 cm³/mol. The van der Waals surface area contributed by atoms with E-state index in [0.29, 0.717) is 0 Å². The molecule has 0 aromatic heterocycles. The molecule has 4 unspecified atom stereocenters. The van der Waals surface area contributed by atoms with Crippen LogP contribution in [0.4, 0.5) is 0 Å². The molecule has 0 N–H and O–H groups in total. The van der Waals surface area contributed by atoms with E-state index in [-0.39, 0.29) is 76.8 Å². The average Bonchev–Trinajstić information content (AvgIpc) is 2.99. The Morgan fingerprint density at radius 3 is 1.19 bits per heavy atom. The molecule has 2 aromatic carbocycles. The van der Waals surface area contributed by atoms with Crippen molar-refractivity contribution in [3.63, 3.8) is 0 Å². The molecule has 48 heavy (non-hydrogen) atoms. The van der Waals surface area contributed by atoms with Gasteiger partial charge in [0.05, 0.1) is 43.3 Å². The number of esters is 4. The van der Waals surface area contributed by atoms with Crippen molar-refractivity contribution in [1.82, 2.24) is 0 Å². The van der Waals surface area contributed by atoms with Crippen molar-refractivity contribution in [2.24, 2.45) is 33.5 Å². The van der Waals surface area contributed by atoms with Crippen molar-refractivity contribution < 1.29 is 38.1 Å². The van der Waals surface area contributed by atoms with Crippen LogP contribution < -0.4 is 9.47 Å². The van der Waals surface area contributed by atoms with Crippen LogP contribution in [0.1, 0.15) is 88.9 Å². The summed E-state index contributed by atoms with van der Waals surface area (Å²) < 4.78 is 21.6. The molecule has 14 heteroatoms. The quantitative estimate of drug-likeness (QED) is 0.113. The Morgan fingerprint density at radius 2 is 0.917 bits per heavy atom. The van der Waals surface area contributed by atoms with E-state index in [1.165, 1.54) is 0 Å². The van der Waals surface area contributed by atoms with Crippen LogP contribution in [-0.4, -0.2) is 37.1 Å². The second kappa shape index (κ2) is 13.6. The number of hydrogen-bond donors (Lipinski definition) is 0. The molecule has 0 heterocycles. The Kier molecular flexibility index (Phi) is 11.0. The number of hydrogen-bond acceptors (Lipinski definition) is 8. The molecule has 2 fully saturated rings. The average molecular weight is 785 g/mol. The maximum Gasteiger partial charge on any atom is 0.423 e. The largest absolute Gasteiger partial charge is 0.461 e. The van der Waals surface area contributed by atoms with Crippen LogP contribution in [0, 0.1) is 33.5 Å². The lowest BCUT2D eigenvalue weighted by Gasteiger charge is -2.57. The fraction of sp³-hybridized carbons (Fsp3) is 0.529. The van der Waals surface area contributed by atoms with Gasteiger partial charge in [-0.25, -0.2) is 19.2 Å². The minimum atomic E-state index is -1.65. The van der Waals surface area contributed by atoms with Crippen molar-refractivity contribution in [3.05, 3.63) is 53.4 Å². The summed E-state index contributed by atoms with van der Waals surface area (Å²) in [6.07, 6.45) is 1.60. The second-order valence-corrected chi connectivity index (χ2v) is 17.1. The minimum Gasteiger partial charge on any atom is -0.461 e. The van der Waals surface area contributed by atoms with Crippen molar-refractivity contribution in [2.75, 3.05) is 13.2 Å². The maximum absolute atomic E-state index is 13.3. The van der Waals surface area contributed by atoms with Crippen LogP contribution in [0.2, 0.25) is 30.1 Å². The monoisotopic (exact) mass is 782 g/mol. The molecule has 2 aliphatic rings. The van der Waals surface area contributed by atoms with Crippen molar-refractivity contribution in [1.29, 1.82) is 0 Å². The Bertz CT molecular complexity index is 1580. The van der Waals surface area contributed by atoms with Crippen LogP contribution in [0.15, 0.2) is 12.1 Å². The number of rotatable bonds is 8. The van der Waals surface area contributed by atoms with Gasteiger partial charge in [-0.2, -0.15) is 0 Å². The first-order valence-corrected chi connectivity index (χ1v) is 17.4. The van der Waals surface area contributed by atoms with Crippen LogP contribution in [0.3, 0.4) is 0 Å². The van der Waals surface area contributed by atoms with Crippen LogP contribution in [0.5, 0.6) is 11.5 Å². The molecule has 8 nitrogen and oxygen atoms in total. The number of carbonyl (C=O) groups is 4. The third-order valence-electron chi connectivity index (χ3n) is 10.4. The van der Waals surface area contributed by atoms with E-state index in [2.05, 4.69) is 41.5 Å². The number of ether oxygens (including phenoxy) is 4. The van der Waals surface area contributed by atoms with Crippen LogP contribution >= 0.6 is 69.6 Å². The summed E-state index contributed by atoms with van der Waals surface area (Å²) >= 11 is 37.6. The third-order valence-corrected chi connectivity index (χ3v) is 12.6. The van der Waals surface area contributed by atoms with Crippen molar-refractivity contribution in [2.45, 2.75) is 68.2 Å². The Hall–Kier alpha value is -1.94. The summed E-state index contributed by atoms with van der Waals surface area (Å²) in [6, 6.07) is 2.26. The lowest BCUT2D eigenvalue weighted by molar-refractivity contribution is -0.156. The molecule has 4 rings (SSSR count). The van der Waals surface area contributed by atoms with Crippen LogP contribution in [0.25, 0.3) is 0 Å². The van der Waals surface area contributed by atoms with E-state index in [1.807, 2.05) is 13.8 Å². The number of benzene rings is 2. The highest BCUT2D eigenvalue weighted by Crippen LogP contribution is 2.60. The minimum absolute atomic E-state index is 0.0385. The fourth-order valence-electron chi connectivity index (χ4n) is 7.27. The SMILES string of the molecule is CC1C(C)(C)CC1(C)COC(=O)c1c(Cl)c(Cl)cc(Cl)c1OC(=O)C(=O)Oc1c(Cl)cc(Cl)c(Cl)c1C(=O)OCC1(C)CC(C)(C)C1C. The number of carbonyl (C=O) groups excluding carboxylic acids is 4. The van der Waals surface area contributed by atoms with Crippen LogP contribution in [-0.2, 0) is 19.1 Å². The smallest absolute Gasteiger partial charge is 0.423 e. The molecule has 4 atom stereocenters. The predicted octanol–water partition coefficient (Wildman–Crippen LogP) is 10.6. The fourth-order valence-corrected chi connectivity index (χ4v) is 8.70.